The molecule has 1 aromatic heterocycles. The standard InChI is InChI=1S/C16H29N3O4/c1-10(2)19-15(14-12(5)6-7-22-14)17-18(16(19)21)8-13(20)9-23-11(3)4/h10-14,20H,6-9H2,1-5H3/t12-,13-,14+/m1/s1. The second kappa shape index (κ2) is 7.59. The van der Waals surface area contributed by atoms with Gasteiger partial charge < -0.3 is 14.6 Å². The summed E-state index contributed by atoms with van der Waals surface area (Å²) in [5, 5.41) is 14.5. The van der Waals surface area contributed by atoms with Gasteiger partial charge in [-0.25, -0.2) is 9.48 Å². The molecule has 1 saturated heterocycles. The van der Waals surface area contributed by atoms with Crippen LogP contribution in [0.3, 0.4) is 0 Å². The van der Waals surface area contributed by atoms with Gasteiger partial charge in [0, 0.05) is 12.6 Å². The molecule has 1 aliphatic rings. The summed E-state index contributed by atoms with van der Waals surface area (Å²) in [6, 6.07) is -0.00768. The molecule has 0 unspecified atom stereocenters. The molecule has 7 heteroatoms. The SMILES string of the molecule is CC(C)OC[C@H](O)Cn1nc([C@H]2OCC[C@H]2C)n(C(C)C)c1=O. The topological polar surface area (TPSA) is 78.5 Å². The zero-order valence-corrected chi connectivity index (χ0v) is 14.7. The first kappa shape index (κ1) is 18.2. The largest absolute Gasteiger partial charge is 0.389 e. The van der Waals surface area contributed by atoms with E-state index >= 15 is 0 Å². The van der Waals surface area contributed by atoms with Gasteiger partial charge in [0.2, 0.25) is 0 Å². The van der Waals surface area contributed by atoms with Gasteiger partial charge in [0.25, 0.3) is 0 Å². The molecule has 0 radical (unpaired) electrons. The number of aliphatic hydroxyl groups excluding tert-OH is 1. The highest BCUT2D eigenvalue weighted by atomic mass is 16.5. The lowest BCUT2D eigenvalue weighted by Crippen LogP contribution is -2.32. The highest BCUT2D eigenvalue weighted by molar-refractivity contribution is 4.99. The Morgan fingerprint density at radius 2 is 2.09 bits per heavy atom. The van der Waals surface area contributed by atoms with Crippen LogP contribution in [0.2, 0.25) is 0 Å². The summed E-state index contributed by atoms with van der Waals surface area (Å²) >= 11 is 0. The lowest BCUT2D eigenvalue weighted by molar-refractivity contribution is -0.00264. The molecule has 23 heavy (non-hydrogen) atoms. The summed E-state index contributed by atoms with van der Waals surface area (Å²) in [5.41, 5.74) is -0.207. The average Bonchev–Trinajstić information content (AvgIpc) is 3.01. The Labute approximate surface area is 137 Å². The fourth-order valence-electron chi connectivity index (χ4n) is 2.82. The van der Waals surface area contributed by atoms with Crippen molar-refractivity contribution in [3.05, 3.63) is 16.3 Å². The Morgan fingerprint density at radius 3 is 2.61 bits per heavy atom. The first-order chi connectivity index (χ1) is 10.8. The number of rotatable bonds is 7. The highest BCUT2D eigenvalue weighted by Crippen LogP contribution is 2.33. The summed E-state index contributed by atoms with van der Waals surface area (Å²) in [4.78, 5) is 12.6. The molecule has 0 saturated carbocycles. The molecule has 0 aliphatic carbocycles. The van der Waals surface area contributed by atoms with E-state index in [0.717, 1.165) is 6.42 Å². The van der Waals surface area contributed by atoms with Crippen molar-refractivity contribution in [1.82, 2.24) is 14.3 Å². The van der Waals surface area contributed by atoms with E-state index < -0.39 is 6.10 Å². The van der Waals surface area contributed by atoms with Crippen LogP contribution in [-0.4, -0.2) is 44.9 Å². The van der Waals surface area contributed by atoms with Crippen LogP contribution in [0.5, 0.6) is 0 Å². The maximum absolute atomic E-state index is 12.6. The third-order valence-electron chi connectivity index (χ3n) is 4.06. The number of hydrogen-bond acceptors (Lipinski definition) is 5. The fourth-order valence-corrected chi connectivity index (χ4v) is 2.82. The molecule has 2 heterocycles. The van der Waals surface area contributed by atoms with E-state index in [4.69, 9.17) is 9.47 Å². The van der Waals surface area contributed by atoms with Gasteiger partial charge in [0.05, 0.1) is 25.4 Å². The van der Waals surface area contributed by atoms with Gasteiger partial charge in [-0.1, -0.05) is 6.92 Å². The first-order valence-electron chi connectivity index (χ1n) is 8.41. The van der Waals surface area contributed by atoms with Crippen LogP contribution in [0.1, 0.15) is 59.0 Å². The molecule has 0 aromatic carbocycles. The molecule has 1 aliphatic heterocycles. The van der Waals surface area contributed by atoms with Crippen molar-refractivity contribution in [2.75, 3.05) is 13.2 Å². The Kier molecular flexibility index (Phi) is 6.00. The highest BCUT2D eigenvalue weighted by Gasteiger charge is 2.32. The Morgan fingerprint density at radius 1 is 1.39 bits per heavy atom. The van der Waals surface area contributed by atoms with E-state index in [1.807, 2.05) is 27.7 Å². The predicted octanol–water partition coefficient (Wildman–Crippen LogP) is 1.51. The molecule has 3 atom stereocenters. The molecule has 1 N–H and O–H groups in total. The minimum atomic E-state index is -0.764. The molecule has 7 nitrogen and oxygen atoms in total. The van der Waals surface area contributed by atoms with Crippen LogP contribution in [0.15, 0.2) is 4.79 Å². The lowest BCUT2D eigenvalue weighted by Gasteiger charge is -2.16. The van der Waals surface area contributed by atoms with Gasteiger partial charge in [-0.3, -0.25) is 4.57 Å². The number of hydrogen-bond donors (Lipinski definition) is 1. The van der Waals surface area contributed by atoms with E-state index in [1.165, 1.54) is 4.68 Å². The van der Waals surface area contributed by atoms with Crippen LogP contribution in [0.25, 0.3) is 0 Å². The zero-order chi connectivity index (χ0) is 17.1. The number of aromatic nitrogens is 3. The molecule has 0 bridgehead atoms. The zero-order valence-electron chi connectivity index (χ0n) is 14.7. The number of aliphatic hydroxyl groups is 1. The molecule has 0 spiro atoms. The quantitative estimate of drug-likeness (QED) is 0.821. The predicted molar refractivity (Wildman–Crippen MR) is 86.4 cm³/mol. The van der Waals surface area contributed by atoms with Crippen molar-refractivity contribution in [2.24, 2.45) is 5.92 Å². The molecular formula is C16H29N3O4. The number of ether oxygens (including phenoxy) is 2. The molecular weight excluding hydrogens is 298 g/mol. The Bertz CT molecular complexity index is 564. The van der Waals surface area contributed by atoms with Gasteiger partial charge in [0.15, 0.2) is 5.82 Å². The number of nitrogens with zero attached hydrogens (tertiary/aromatic N) is 3. The van der Waals surface area contributed by atoms with E-state index in [1.54, 1.807) is 4.57 Å². The molecule has 132 valence electrons. The summed E-state index contributed by atoms with van der Waals surface area (Å²) in [5.74, 6) is 0.990. The minimum absolute atomic E-state index is 0.00768. The van der Waals surface area contributed by atoms with Gasteiger partial charge in [0.1, 0.15) is 6.10 Å². The molecule has 1 fully saturated rings. The van der Waals surface area contributed by atoms with Crippen LogP contribution in [0.4, 0.5) is 0 Å². The van der Waals surface area contributed by atoms with Crippen LogP contribution in [0, 0.1) is 5.92 Å². The fraction of sp³-hybridized carbons (Fsp3) is 0.875. The van der Waals surface area contributed by atoms with Gasteiger partial charge in [-0.15, -0.1) is 0 Å². The van der Waals surface area contributed by atoms with Crippen molar-refractivity contribution in [2.45, 2.75) is 71.9 Å². The monoisotopic (exact) mass is 327 g/mol. The summed E-state index contributed by atoms with van der Waals surface area (Å²) < 4.78 is 14.2. The van der Waals surface area contributed by atoms with Gasteiger partial charge in [-0.2, -0.15) is 5.10 Å². The Hall–Kier alpha value is -1.18. The maximum Gasteiger partial charge on any atom is 0.346 e. The second-order valence-corrected chi connectivity index (χ2v) is 6.88. The average molecular weight is 327 g/mol. The smallest absolute Gasteiger partial charge is 0.346 e. The third kappa shape index (κ3) is 4.22. The second-order valence-electron chi connectivity index (χ2n) is 6.88. The van der Waals surface area contributed by atoms with Crippen molar-refractivity contribution in [3.63, 3.8) is 0 Å². The van der Waals surface area contributed by atoms with E-state index in [-0.39, 0.29) is 37.1 Å². The third-order valence-corrected chi connectivity index (χ3v) is 4.06. The van der Waals surface area contributed by atoms with E-state index in [0.29, 0.717) is 18.3 Å². The van der Waals surface area contributed by atoms with Crippen molar-refractivity contribution >= 4 is 0 Å². The molecule has 2 rings (SSSR count). The normalized spacial score (nSPS) is 23.1. The Balaban J connectivity index is 2.22. The summed E-state index contributed by atoms with van der Waals surface area (Å²) in [7, 11) is 0. The minimum Gasteiger partial charge on any atom is -0.389 e. The van der Waals surface area contributed by atoms with Gasteiger partial charge in [-0.05, 0) is 40.0 Å². The summed E-state index contributed by atoms with van der Waals surface area (Å²) in [6.07, 6.45) is 0.0861. The maximum atomic E-state index is 12.6. The van der Waals surface area contributed by atoms with Crippen LogP contribution < -0.4 is 5.69 Å². The van der Waals surface area contributed by atoms with Crippen molar-refractivity contribution < 1.29 is 14.6 Å². The molecule has 0 amide bonds. The van der Waals surface area contributed by atoms with Crippen LogP contribution in [-0.2, 0) is 16.0 Å². The lowest BCUT2D eigenvalue weighted by atomic mass is 10.0. The molecule has 1 aromatic rings. The van der Waals surface area contributed by atoms with Crippen molar-refractivity contribution in [3.8, 4) is 0 Å². The van der Waals surface area contributed by atoms with Crippen molar-refractivity contribution in [1.29, 1.82) is 0 Å². The van der Waals surface area contributed by atoms with E-state index in [2.05, 4.69) is 12.0 Å². The van der Waals surface area contributed by atoms with Gasteiger partial charge >= 0.3 is 5.69 Å². The van der Waals surface area contributed by atoms with E-state index in [9.17, 15) is 9.90 Å². The first-order valence-corrected chi connectivity index (χ1v) is 8.41. The summed E-state index contributed by atoms with van der Waals surface area (Å²) in [6.45, 7) is 10.8. The van der Waals surface area contributed by atoms with Crippen LogP contribution >= 0.6 is 0 Å².